The monoisotopic (exact) mass is 779 g/mol. The second-order valence-electron chi connectivity index (χ2n) is 10.6. The molecule has 0 saturated carbocycles. The molecule has 2 aliphatic heterocycles. The van der Waals surface area contributed by atoms with Gasteiger partial charge in [-0.25, -0.2) is 0 Å². The van der Waals surface area contributed by atoms with Crippen LogP contribution in [0.5, 0.6) is 0 Å². The van der Waals surface area contributed by atoms with Gasteiger partial charge in [-0.2, -0.15) is 0 Å². The number of hydrogen-bond donors (Lipinski definition) is 1. The fourth-order valence-corrected chi connectivity index (χ4v) is 4.88. The molecule has 0 aromatic rings. The molecule has 50 heavy (non-hydrogen) atoms. The minimum atomic E-state index is -2.45. The Balaban J connectivity index is 2.77. The van der Waals surface area contributed by atoms with Gasteiger partial charge in [0.05, 0.1) is 0 Å². The predicted octanol–water partition coefficient (Wildman–Crippen LogP) is 0.970. The summed E-state index contributed by atoms with van der Waals surface area (Å²) in [5.41, 5.74) is 0. The number of ether oxygens (including phenoxy) is 11. The highest BCUT2D eigenvalue weighted by Crippen LogP contribution is 2.37. The van der Waals surface area contributed by atoms with Gasteiger partial charge in [-0.1, -0.05) is 34.8 Å². The maximum Gasteiger partial charge on any atom is 0.303 e. The fourth-order valence-electron chi connectivity index (χ4n) is 4.75. The molecular formula is C28H36Cl3NO18. The minimum Gasteiger partial charge on any atom is -0.463 e. The van der Waals surface area contributed by atoms with E-state index in [-0.39, 0.29) is 0 Å². The van der Waals surface area contributed by atoms with E-state index in [0.717, 1.165) is 48.5 Å². The third kappa shape index (κ3) is 13.0. The number of carbonyl (C=O) groups is 7. The van der Waals surface area contributed by atoms with E-state index in [4.69, 9.17) is 92.3 Å². The van der Waals surface area contributed by atoms with Crippen molar-refractivity contribution in [3.63, 3.8) is 0 Å². The molecule has 1 N–H and O–H groups in total. The van der Waals surface area contributed by atoms with Gasteiger partial charge in [-0.3, -0.25) is 39.0 Å². The molecule has 0 bridgehead atoms. The first kappa shape index (κ1) is 42.7. The minimum absolute atomic E-state index is 0.617. The number of nitrogens with one attached hydrogen (secondary N) is 1. The van der Waals surface area contributed by atoms with E-state index in [9.17, 15) is 33.6 Å². The van der Waals surface area contributed by atoms with Gasteiger partial charge in [-0.15, -0.1) is 0 Å². The number of alkyl halides is 3. The Morgan fingerprint density at radius 1 is 0.500 bits per heavy atom. The number of esters is 7. The van der Waals surface area contributed by atoms with Crippen molar-refractivity contribution in [1.29, 1.82) is 5.41 Å². The van der Waals surface area contributed by atoms with Crippen molar-refractivity contribution in [1.82, 2.24) is 0 Å². The average molecular weight is 781 g/mol. The van der Waals surface area contributed by atoms with Crippen LogP contribution in [0.4, 0.5) is 0 Å². The Morgan fingerprint density at radius 3 is 1.24 bits per heavy atom. The first-order valence-corrected chi connectivity index (χ1v) is 15.7. The number of carbonyl (C=O) groups excluding carboxylic acids is 7. The van der Waals surface area contributed by atoms with Crippen LogP contribution in [0.1, 0.15) is 48.5 Å². The average Bonchev–Trinajstić information content (AvgIpc) is 2.95. The molecule has 0 radical (unpaired) electrons. The van der Waals surface area contributed by atoms with Crippen LogP contribution >= 0.6 is 34.8 Å². The summed E-state index contributed by atoms with van der Waals surface area (Å²) in [6.07, 6.45) is -17.0. The second-order valence-corrected chi connectivity index (χ2v) is 12.9. The van der Waals surface area contributed by atoms with E-state index in [2.05, 4.69) is 0 Å². The molecule has 0 aromatic heterocycles. The van der Waals surface area contributed by atoms with Gasteiger partial charge in [0.2, 0.25) is 18.3 Å². The standard InChI is InChI=1S/C28H36Cl3NO18/c1-10(33)40-8-17-19(42-12(3)35)21(43-13(4)36)23(45-15(6)38)25(47-17)49-20-18(9-41-11(2)34)48-26(50-27(32)28(29,30)31)24(46-16(7)39)22(20)44-14(5)37/h17-26,32H,8-9H2,1-7H3/t17?,18-,19-,20+,21-,22?,23?,24?,25-,26+/m0/s1. The molecule has 2 rings (SSSR count). The van der Waals surface area contributed by atoms with Gasteiger partial charge < -0.3 is 52.1 Å². The molecule has 4 unspecified atom stereocenters. The SMILES string of the molecule is CC(=O)OCC1O[C@@H](O[C@H]2C(OC(C)=O)C(OC(C)=O)[C@@H](OC(=N)C(Cl)(Cl)Cl)O[C@H]2COC(C)=O)C(OC(C)=O)[C@@H](OC(C)=O)[C@H]1OC(C)=O. The van der Waals surface area contributed by atoms with Gasteiger partial charge in [0.25, 0.3) is 3.79 Å². The molecule has 10 atom stereocenters. The zero-order valence-electron chi connectivity index (χ0n) is 27.7. The second kappa shape index (κ2) is 18.7. The van der Waals surface area contributed by atoms with E-state index in [1.807, 2.05) is 0 Å². The molecular weight excluding hydrogens is 745 g/mol. The highest BCUT2D eigenvalue weighted by atomic mass is 35.6. The third-order valence-electron chi connectivity index (χ3n) is 6.38. The molecule has 0 aliphatic carbocycles. The van der Waals surface area contributed by atoms with Crippen LogP contribution in [0.25, 0.3) is 0 Å². The van der Waals surface area contributed by atoms with Gasteiger partial charge >= 0.3 is 41.8 Å². The van der Waals surface area contributed by atoms with E-state index < -0.39 is 126 Å². The molecule has 282 valence electrons. The molecule has 19 nitrogen and oxygen atoms in total. The Hall–Kier alpha value is -3.49. The van der Waals surface area contributed by atoms with Gasteiger partial charge in [-0.05, 0) is 0 Å². The molecule has 0 amide bonds. The Kier molecular flexibility index (Phi) is 15.9. The summed E-state index contributed by atoms with van der Waals surface area (Å²) in [6, 6.07) is 0. The maximum absolute atomic E-state index is 12.4. The number of rotatable bonds is 12. The van der Waals surface area contributed by atoms with E-state index in [1.165, 1.54) is 0 Å². The third-order valence-corrected chi connectivity index (χ3v) is 6.89. The molecule has 0 aromatic carbocycles. The van der Waals surface area contributed by atoms with Gasteiger partial charge in [0.1, 0.15) is 31.5 Å². The smallest absolute Gasteiger partial charge is 0.303 e. The highest BCUT2D eigenvalue weighted by molar-refractivity contribution is 6.76. The largest absolute Gasteiger partial charge is 0.463 e. The lowest BCUT2D eigenvalue weighted by Crippen LogP contribution is -2.67. The quantitative estimate of drug-likeness (QED) is 0.0953. The van der Waals surface area contributed by atoms with E-state index >= 15 is 0 Å². The number of halogens is 3. The van der Waals surface area contributed by atoms with Crippen LogP contribution in [0.3, 0.4) is 0 Å². The van der Waals surface area contributed by atoms with Crippen LogP contribution in [0, 0.1) is 5.41 Å². The summed E-state index contributed by atoms with van der Waals surface area (Å²) in [4.78, 5) is 84.9. The van der Waals surface area contributed by atoms with Crippen LogP contribution < -0.4 is 0 Å². The normalized spacial score (nSPS) is 29.3. The van der Waals surface area contributed by atoms with Crippen molar-refractivity contribution in [3.05, 3.63) is 0 Å². The zero-order chi connectivity index (χ0) is 38.1. The topological polar surface area (TPSA) is 245 Å². The Bertz CT molecular complexity index is 1310. The summed E-state index contributed by atoms with van der Waals surface area (Å²) >= 11 is 17.3. The molecule has 2 saturated heterocycles. The molecule has 22 heteroatoms. The lowest BCUT2D eigenvalue weighted by molar-refractivity contribution is -0.355. The van der Waals surface area contributed by atoms with Crippen molar-refractivity contribution in [2.75, 3.05) is 13.2 Å². The van der Waals surface area contributed by atoms with Crippen LogP contribution in [0.2, 0.25) is 0 Å². The zero-order valence-corrected chi connectivity index (χ0v) is 29.9. The molecule has 2 heterocycles. The maximum atomic E-state index is 12.4. The fraction of sp³-hybridized carbons (Fsp3) is 0.714. The lowest BCUT2D eigenvalue weighted by Gasteiger charge is -2.48. The lowest BCUT2D eigenvalue weighted by atomic mass is 9.96. The Morgan fingerprint density at radius 2 is 0.840 bits per heavy atom. The van der Waals surface area contributed by atoms with E-state index in [1.54, 1.807) is 0 Å². The van der Waals surface area contributed by atoms with Crippen molar-refractivity contribution in [2.45, 2.75) is 114 Å². The van der Waals surface area contributed by atoms with Crippen LogP contribution in [-0.2, 0) is 85.7 Å². The summed E-state index contributed by atoms with van der Waals surface area (Å²) in [6.45, 7) is 5.79. The van der Waals surface area contributed by atoms with Crippen molar-refractivity contribution < 1.29 is 85.7 Å². The van der Waals surface area contributed by atoms with E-state index in [0.29, 0.717) is 0 Å². The first-order chi connectivity index (χ1) is 23.1. The number of hydrogen-bond acceptors (Lipinski definition) is 19. The van der Waals surface area contributed by atoms with Crippen molar-refractivity contribution in [2.24, 2.45) is 0 Å². The predicted molar refractivity (Wildman–Crippen MR) is 162 cm³/mol. The van der Waals surface area contributed by atoms with Crippen molar-refractivity contribution in [3.8, 4) is 0 Å². The van der Waals surface area contributed by atoms with Crippen LogP contribution in [0.15, 0.2) is 0 Å². The molecule has 2 aliphatic rings. The van der Waals surface area contributed by atoms with Crippen LogP contribution in [-0.4, -0.2) is 126 Å². The summed E-state index contributed by atoms with van der Waals surface area (Å²) in [7, 11) is 0. The summed E-state index contributed by atoms with van der Waals surface area (Å²) in [5.74, 6) is -7.37. The molecule has 0 spiro atoms. The van der Waals surface area contributed by atoms with Crippen molar-refractivity contribution >= 4 is 82.5 Å². The van der Waals surface area contributed by atoms with Gasteiger partial charge in [0.15, 0.2) is 30.7 Å². The van der Waals surface area contributed by atoms with Gasteiger partial charge in [0, 0.05) is 48.5 Å². The molecule has 2 fully saturated rings. The highest BCUT2D eigenvalue weighted by Gasteiger charge is 2.58. The summed E-state index contributed by atoms with van der Waals surface area (Å²) in [5, 5.41) is 8.03. The first-order valence-electron chi connectivity index (χ1n) is 14.5. The summed E-state index contributed by atoms with van der Waals surface area (Å²) < 4.78 is 58.1. The Labute approximate surface area is 300 Å².